The van der Waals surface area contributed by atoms with Crippen molar-refractivity contribution in [2.45, 2.75) is 19.1 Å². The molecule has 0 fully saturated rings. The molecule has 2 nitrogen and oxygen atoms in total. The van der Waals surface area contributed by atoms with Crippen LogP contribution in [0.25, 0.3) is 0 Å². The fourth-order valence-corrected chi connectivity index (χ4v) is 3.01. The topological polar surface area (TPSA) is 35.2 Å². The first-order chi connectivity index (χ1) is 9.47. The molecule has 2 N–H and O–H groups in total. The summed E-state index contributed by atoms with van der Waals surface area (Å²) in [6.45, 7) is 1.84. The van der Waals surface area contributed by atoms with Gasteiger partial charge in [-0.05, 0) is 58.7 Å². The Hall–Kier alpha value is -0.910. The molecule has 106 valence electrons. The summed E-state index contributed by atoms with van der Waals surface area (Å²) < 4.78 is 21.1. The van der Waals surface area contributed by atoms with E-state index in [1.165, 1.54) is 12.1 Å². The number of hydrogen-bond acceptors (Lipinski definition) is 2. The van der Waals surface area contributed by atoms with Gasteiger partial charge in [-0.2, -0.15) is 0 Å². The molecule has 2 rings (SSSR count). The summed E-state index contributed by atoms with van der Waals surface area (Å²) in [5.74, 6) is 0.367. The summed E-state index contributed by atoms with van der Waals surface area (Å²) >= 11 is 6.83. The van der Waals surface area contributed by atoms with E-state index in [0.717, 1.165) is 14.5 Å². The van der Waals surface area contributed by atoms with Gasteiger partial charge in [0.2, 0.25) is 0 Å². The number of ether oxygens (including phenoxy) is 1. The number of rotatable bonds is 4. The number of halogens is 3. The average Bonchev–Trinajstić information content (AvgIpc) is 2.37. The maximum absolute atomic E-state index is 13.4. The third-order valence-electron chi connectivity index (χ3n) is 2.80. The van der Waals surface area contributed by atoms with Crippen molar-refractivity contribution < 1.29 is 9.13 Å². The van der Waals surface area contributed by atoms with E-state index in [1.807, 2.05) is 31.2 Å². The Morgan fingerprint density at radius 2 is 1.90 bits per heavy atom. The Labute approximate surface area is 134 Å². The third kappa shape index (κ3) is 3.81. The SMILES string of the molecule is CC(N)C(Oc1ccc(Br)cc1Br)c1cccc(F)c1. The molecule has 5 heteroatoms. The zero-order valence-corrected chi connectivity index (χ0v) is 14.0. The van der Waals surface area contributed by atoms with Gasteiger partial charge in [-0.25, -0.2) is 4.39 Å². The van der Waals surface area contributed by atoms with Gasteiger partial charge in [0.15, 0.2) is 0 Å². The van der Waals surface area contributed by atoms with Crippen LogP contribution in [0.4, 0.5) is 4.39 Å². The number of nitrogens with two attached hydrogens (primary N) is 1. The van der Waals surface area contributed by atoms with Gasteiger partial charge in [-0.3, -0.25) is 0 Å². The standard InChI is InChI=1S/C15H14Br2FNO/c1-9(19)15(10-3-2-4-12(18)7-10)20-14-6-5-11(16)8-13(14)17/h2-9,15H,19H2,1H3. The largest absolute Gasteiger partial charge is 0.483 e. The van der Waals surface area contributed by atoms with Crippen LogP contribution in [0.2, 0.25) is 0 Å². The number of benzene rings is 2. The normalized spacial score (nSPS) is 13.8. The minimum atomic E-state index is -0.414. The highest BCUT2D eigenvalue weighted by Crippen LogP contribution is 2.32. The summed E-state index contributed by atoms with van der Waals surface area (Å²) in [6, 6.07) is 11.6. The van der Waals surface area contributed by atoms with Crippen LogP contribution in [0.15, 0.2) is 51.4 Å². The molecule has 0 aromatic heterocycles. The van der Waals surface area contributed by atoms with Crippen LogP contribution >= 0.6 is 31.9 Å². The Bertz CT molecular complexity index is 604. The van der Waals surface area contributed by atoms with E-state index in [4.69, 9.17) is 10.5 Å². The van der Waals surface area contributed by atoms with Crippen molar-refractivity contribution in [3.63, 3.8) is 0 Å². The monoisotopic (exact) mass is 401 g/mol. The van der Waals surface area contributed by atoms with Crippen molar-refractivity contribution in [2.24, 2.45) is 5.73 Å². The predicted octanol–water partition coefficient (Wildman–Crippen LogP) is 4.82. The molecule has 0 amide bonds. The maximum Gasteiger partial charge on any atom is 0.139 e. The lowest BCUT2D eigenvalue weighted by Gasteiger charge is -2.23. The van der Waals surface area contributed by atoms with E-state index >= 15 is 0 Å². The quantitative estimate of drug-likeness (QED) is 0.795. The zero-order chi connectivity index (χ0) is 14.7. The maximum atomic E-state index is 13.4. The molecule has 0 aliphatic rings. The van der Waals surface area contributed by atoms with E-state index in [1.54, 1.807) is 6.07 Å². The molecule has 0 aliphatic carbocycles. The van der Waals surface area contributed by atoms with Crippen LogP contribution < -0.4 is 10.5 Å². The summed E-state index contributed by atoms with van der Waals surface area (Å²) in [5, 5.41) is 0. The van der Waals surface area contributed by atoms with Crippen molar-refractivity contribution in [1.82, 2.24) is 0 Å². The average molecular weight is 403 g/mol. The molecule has 2 unspecified atom stereocenters. The van der Waals surface area contributed by atoms with Gasteiger partial charge in [0.25, 0.3) is 0 Å². The molecule has 0 aliphatic heterocycles. The Balaban J connectivity index is 2.30. The summed E-state index contributed by atoms with van der Waals surface area (Å²) in [6.07, 6.45) is -0.414. The summed E-state index contributed by atoms with van der Waals surface area (Å²) in [7, 11) is 0. The highest BCUT2D eigenvalue weighted by Gasteiger charge is 2.20. The van der Waals surface area contributed by atoms with Gasteiger partial charge >= 0.3 is 0 Å². The molecule has 0 spiro atoms. The molecule has 2 atom stereocenters. The van der Waals surface area contributed by atoms with Crippen molar-refractivity contribution in [2.75, 3.05) is 0 Å². The molecule has 0 saturated carbocycles. The molecule has 0 bridgehead atoms. The highest BCUT2D eigenvalue weighted by atomic mass is 79.9. The fourth-order valence-electron chi connectivity index (χ4n) is 1.87. The van der Waals surface area contributed by atoms with Crippen LogP contribution in [0.3, 0.4) is 0 Å². The second kappa shape index (κ2) is 6.70. The van der Waals surface area contributed by atoms with Crippen LogP contribution in [0, 0.1) is 5.82 Å². The molecule has 20 heavy (non-hydrogen) atoms. The minimum absolute atomic E-state index is 0.271. The summed E-state index contributed by atoms with van der Waals surface area (Å²) in [4.78, 5) is 0. The van der Waals surface area contributed by atoms with Crippen molar-refractivity contribution in [3.05, 3.63) is 62.8 Å². The lowest BCUT2D eigenvalue weighted by Crippen LogP contribution is -2.29. The molecular formula is C15H14Br2FNO. The molecule has 0 saturated heterocycles. The van der Waals surface area contributed by atoms with Crippen LogP contribution in [-0.2, 0) is 0 Å². The molecule has 0 heterocycles. The Kier molecular flexibility index (Phi) is 5.18. The van der Waals surface area contributed by atoms with Crippen molar-refractivity contribution in [1.29, 1.82) is 0 Å². The van der Waals surface area contributed by atoms with E-state index in [-0.39, 0.29) is 11.9 Å². The molecule has 0 radical (unpaired) electrons. The van der Waals surface area contributed by atoms with E-state index in [9.17, 15) is 4.39 Å². The third-order valence-corrected chi connectivity index (χ3v) is 3.92. The van der Waals surface area contributed by atoms with Crippen molar-refractivity contribution >= 4 is 31.9 Å². The van der Waals surface area contributed by atoms with Gasteiger partial charge in [-0.1, -0.05) is 28.1 Å². The zero-order valence-electron chi connectivity index (χ0n) is 10.8. The first-order valence-electron chi connectivity index (χ1n) is 6.10. The van der Waals surface area contributed by atoms with Crippen LogP contribution in [0.1, 0.15) is 18.6 Å². The smallest absolute Gasteiger partial charge is 0.139 e. The van der Waals surface area contributed by atoms with Gasteiger partial charge in [0.05, 0.1) is 4.47 Å². The molecular weight excluding hydrogens is 389 g/mol. The Morgan fingerprint density at radius 3 is 2.50 bits per heavy atom. The van der Waals surface area contributed by atoms with Gasteiger partial charge < -0.3 is 10.5 Å². The summed E-state index contributed by atoms with van der Waals surface area (Å²) in [5.41, 5.74) is 6.69. The fraction of sp³-hybridized carbons (Fsp3) is 0.200. The Morgan fingerprint density at radius 1 is 1.15 bits per heavy atom. The van der Waals surface area contributed by atoms with Gasteiger partial charge in [0.1, 0.15) is 17.7 Å². The van der Waals surface area contributed by atoms with Crippen LogP contribution in [-0.4, -0.2) is 6.04 Å². The van der Waals surface area contributed by atoms with Gasteiger partial charge in [-0.15, -0.1) is 0 Å². The highest BCUT2D eigenvalue weighted by molar-refractivity contribution is 9.11. The molecule has 2 aromatic rings. The van der Waals surface area contributed by atoms with Crippen LogP contribution in [0.5, 0.6) is 5.75 Å². The molecule has 2 aromatic carbocycles. The first kappa shape index (κ1) is 15.5. The van der Waals surface area contributed by atoms with Crippen molar-refractivity contribution in [3.8, 4) is 5.75 Å². The first-order valence-corrected chi connectivity index (χ1v) is 7.68. The minimum Gasteiger partial charge on any atom is -0.483 e. The lowest BCUT2D eigenvalue weighted by atomic mass is 10.0. The second-order valence-corrected chi connectivity index (χ2v) is 6.30. The van der Waals surface area contributed by atoms with E-state index < -0.39 is 6.10 Å². The second-order valence-electron chi connectivity index (χ2n) is 4.53. The van der Waals surface area contributed by atoms with Gasteiger partial charge in [0, 0.05) is 10.5 Å². The lowest BCUT2D eigenvalue weighted by molar-refractivity contribution is 0.179. The van der Waals surface area contributed by atoms with E-state index in [2.05, 4.69) is 31.9 Å². The predicted molar refractivity (Wildman–Crippen MR) is 85.3 cm³/mol. The van der Waals surface area contributed by atoms with E-state index in [0.29, 0.717) is 5.75 Å². The number of hydrogen-bond donors (Lipinski definition) is 1.